The van der Waals surface area contributed by atoms with Crippen LogP contribution in [0.1, 0.15) is 22.3 Å². The van der Waals surface area contributed by atoms with Crippen LogP contribution in [0.4, 0.5) is 0 Å². The fourth-order valence-electron chi connectivity index (χ4n) is 2.68. The van der Waals surface area contributed by atoms with Crippen molar-refractivity contribution in [2.75, 3.05) is 0 Å². The van der Waals surface area contributed by atoms with Gasteiger partial charge in [-0.25, -0.2) is 0 Å². The highest BCUT2D eigenvalue weighted by atomic mass is 32.2. The molecule has 6 heteroatoms. The van der Waals surface area contributed by atoms with Crippen LogP contribution in [0.2, 0.25) is 0 Å². The first kappa shape index (κ1) is 14.1. The summed E-state index contributed by atoms with van der Waals surface area (Å²) in [6.07, 6.45) is 5.04. The number of thioether (sulfide) groups is 1. The van der Waals surface area contributed by atoms with Crippen LogP contribution in [0.3, 0.4) is 0 Å². The molecule has 4 rings (SSSR count). The van der Waals surface area contributed by atoms with Gasteiger partial charge >= 0.3 is 0 Å². The number of ketones is 1. The quantitative estimate of drug-likeness (QED) is 0.735. The maximum Gasteiger partial charge on any atom is 0.258 e. The van der Waals surface area contributed by atoms with Crippen LogP contribution < -0.4 is 0 Å². The summed E-state index contributed by atoms with van der Waals surface area (Å²) in [4.78, 5) is 20.9. The molecule has 0 N–H and O–H groups in total. The normalized spacial score (nSPS) is 17.0. The van der Waals surface area contributed by atoms with Gasteiger partial charge in [0, 0.05) is 23.5 Å². The zero-order chi connectivity index (χ0) is 15.6. The molecule has 23 heavy (non-hydrogen) atoms. The molecular weight excluding hydrogens is 310 g/mol. The Morgan fingerprint density at radius 2 is 1.96 bits per heavy atom. The Balaban J connectivity index is 1.54. The zero-order valence-corrected chi connectivity index (χ0v) is 13.0. The minimum atomic E-state index is -0.159. The second kappa shape index (κ2) is 5.96. The van der Waals surface area contributed by atoms with Gasteiger partial charge in [0.15, 0.2) is 5.78 Å². The molecule has 1 aromatic carbocycles. The standard InChI is InChI=1S/C17H13N3O2S/c21-15-13-4-2-1-3-11(13)5-6-14(15)23-17-19-16(22-20-17)12-7-9-18-10-8-12/h1-4,7-10,14H,5-6H2/t14-/m1/s1. The molecule has 1 aliphatic carbocycles. The lowest BCUT2D eigenvalue weighted by molar-refractivity contribution is 0.0979. The van der Waals surface area contributed by atoms with Crippen molar-refractivity contribution in [3.05, 3.63) is 59.9 Å². The number of carbonyl (C=O) groups excluding carboxylic acids is 1. The van der Waals surface area contributed by atoms with Crippen LogP contribution in [-0.4, -0.2) is 26.2 Å². The zero-order valence-electron chi connectivity index (χ0n) is 12.2. The first-order chi connectivity index (χ1) is 11.3. The van der Waals surface area contributed by atoms with Crippen LogP contribution in [0.5, 0.6) is 0 Å². The third-order valence-corrected chi connectivity index (χ3v) is 4.94. The summed E-state index contributed by atoms with van der Waals surface area (Å²) in [7, 11) is 0. The van der Waals surface area contributed by atoms with Crippen molar-refractivity contribution in [3.63, 3.8) is 0 Å². The van der Waals surface area contributed by atoms with Gasteiger partial charge < -0.3 is 4.52 Å². The lowest BCUT2D eigenvalue weighted by Crippen LogP contribution is -2.24. The number of aryl methyl sites for hydroxylation is 1. The summed E-state index contributed by atoms with van der Waals surface area (Å²) >= 11 is 1.37. The minimum Gasteiger partial charge on any atom is -0.333 e. The first-order valence-electron chi connectivity index (χ1n) is 7.34. The number of pyridine rings is 1. The third kappa shape index (κ3) is 2.77. The Kier molecular flexibility index (Phi) is 3.67. The lowest BCUT2D eigenvalue weighted by atomic mass is 9.90. The van der Waals surface area contributed by atoms with Gasteiger partial charge in [-0.1, -0.05) is 36.0 Å². The number of fused-ring (bicyclic) bond motifs is 1. The highest BCUT2D eigenvalue weighted by molar-refractivity contribution is 8.00. The highest BCUT2D eigenvalue weighted by Crippen LogP contribution is 2.33. The average molecular weight is 323 g/mol. The number of Topliss-reactive ketones (excluding diaryl/α,β-unsaturated/α-hetero) is 1. The molecule has 0 radical (unpaired) electrons. The maximum atomic E-state index is 12.6. The van der Waals surface area contributed by atoms with Gasteiger partial charge in [0.25, 0.3) is 5.89 Å². The first-order valence-corrected chi connectivity index (χ1v) is 8.22. The molecule has 114 valence electrons. The van der Waals surface area contributed by atoms with E-state index >= 15 is 0 Å². The van der Waals surface area contributed by atoms with Crippen molar-refractivity contribution in [2.24, 2.45) is 0 Å². The van der Waals surface area contributed by atoms with Gasteiger partial charge in [0.2, 0.25) is 5.16 Å². The Hall–Kier alpha value is -2.47. The number of benzene rings is 1. The van der Waals surface area contributed by atoms with E-state index in [2.05, 4.69) is 15.1 Å². The molecule has 1 aliphatic rings. The molecule has 0 saturated carbocycles. The molecular formula is C17H13N3O2S. The van der Waals surface area contributed by atoms with Gasteiger partial charge in [-0.3, -0.25) is 9.78 Å². The number of carbonyl (C=O) groups is 1. The molecule has 1 atom stereocenters. The van der Waals surface area contributed by atoms with E-state index in [1.54, 1.807) is 12.4 Å². The van der Waals surface area contributed by atoms with E-state index in [1.807, 2.05) is 36.4 Å². The van der Waals surface area contributed by atoms with Crippen LogP contribution in [-0.2, 0) is 6.42 Å². The molecule has 0 fully saturated rings. The minimum absolute atomic E-state index is 0.145. The predicted octanol–water partition coefficient (Wildman–Crippen LogP) is 3.42. The van der Waals surface area contributed by atoms with E-state index in [1.165, 1.54) is 11.8 Å². The number of rotatable bonds is 3. The van der Waals surface area contributed by atoms with E-state index in [9.17, 15) is 4.79 Å². The van der Waals surface area contributed by atoms with Gasteiger partial charge in [0.1, 0.15) is 0 Å². The molecule has 2 aromatic heterocycles. The molecule has 2 heterocycles. The number of hydrogen-bond acceptors (Lipinski definition) is 6. The summed E-state index contributed by atoms with van der Waals surface area (Å²) in [6, 6.07) is 11.4. The van der Waals surface area contributed by atoms with E-state index in [0.29, 0.717) is 11.0 Å². The van der Waals surface area contributed by atoms with Gasteiger partial charge in [-0.05, 0) is 35.7 Å². The Bertz CT molecular complexity index is 848. The van der Waals surface area contributed by atoms with Crippen molar-refractivity contribution < 1.29 is 9.32 Å². The van der Waals surface area contributed by atoms with E-state index in [-0.39, 0.29) is 11.0 Å². The molecule has 3 aromatic rings. The maximum absolute atomic E-state index is 12.6. The predicted molar refractivity (Wildman–Crippen MR) is 86.3 cm³/mol. The largest absolute Gasteiger partial charge is 0.333 e. The topological polar surface area (TPSA) is 68.9 Å². The Morgan fingerprint density at radius 1 is 1.13 bits per heavy atom. The average Bonchev–Trinajstić information content (AvgIpc) is 3.07. The second-order valence-corrected chi connectivity index (χ2v) is 6.45. The third-order valence-electron chi connectivity index (χ3n) is 3.83. The summed E-state index contributed by atoms with van der Waals surface area (Å²) < 4.78 is 5.28. The van der Waals surface area contributed by atoms with Crippen molar-refractivity contribution in [2.45, 2.75) is 23.2 Å². The summed E-state index contributed by atoms with van der Waals surface area (Å²) in [6.45, 7) is 0. The van der Waals surface area contributed by atoms with Crippen LogP contribution >= 0.6 is 11.8 Å². The number of aromatic nitrogens is 3. The SMILES string of the molecule is O=C1c2ccccc2CC[C@H]1Sc1noc(-c2ccncc2)n1. The molecule has 0 aliphatic heterocycles. The molecule has 0 spiro atoms. The highest BCUT2D eigenvalue weighted by Gasteiger charge is 2.29. The fourth-order valence-corrected chi connectivity index (χ4v) is 3.62. The van der Waals surface area contributed by atoms with Crippen LogP contribution in [0, 0.1) is 0 Å². The lowest BCUT2D eigenvalue weighted by Gasteiger charge is -2.21. The van der Waals surface area contributed by atoms with Crippen molar-refractivity contribution >= 4 is 17.5 Å². The van der Waals surface area contributed by atoms with Gasteiger partial charge in [-0.15, -0.1) is 0 Å². The van der Waals surface area contributed by atoms with Crippen molar-refractivity contribution in [1.29, 1.82) is 0 Å². The summed E-state index contributed by atoms with van der Waals surface area (Å²) in [5.41, 5.74) is 2.76. The molecule has 0 bridgehead atoms. The van der Waals surface area contributed by atoms with E-state index in [4.69, 9.17) is 4.52 Å². The molecule has 5 nitrogen and oxygen atoms in total. The van der Waals surface area contributed by atoms with Gasteiger partial charge in [-0.2, -0.15) is 4.98 Å². The monoisotopic (exact) mass is 323 g/mol. The van der Waals surface area contributed by atoms with Crippen LogP contribution in [0.15, 0.2) is 58.5 Å². The molecule has 0 amide bonds. The molecule has 0 saturated heterocycles. The Morgan fingerprint density at radius 3 is 2.83 bits per heavy atom. The smallest absolute Gasteiger partial charge is 0.258 e. The molecule has 0 unspecified atom stereocenters. The number of nitrogens with zero attached hydrogens (tertiary/aromatic N) is 3. The van der Waals surface area contributed by atoms with Crippen LogP contribution in [0.25, 0.3) is 11.5 Å². The van der Waals surface area contributed by atoms with E-state index < -0.39 is 0 Å². The van der Waals surface area contributed by atoms with E-state index in [0.717, 1.165) is 29.5 Å². The Labute approximate surface area is 137 Å². The summed E-state index contributed by atoms with van der Waals surface area (Å²) in [5.74, 6) is 0.589. The van der Waals surface area contributed by atoms with Crippen molar-refractivity contribution in [3.8, 4) is 11.5 Å². The second-order valence-electron chi connectivity index (χ2n) is 5.28. The van der Waals surface area contributed by atoms with Crippen molar-refractivity contribution in [1.82, 2.24) is 15.1 Å². The van der Waals surface area contributed by atoms with Gasteiger partial charge in [0.05, 0.1) is 5.25 Å². The summed E-state index contributed by atoms with van der Waals surface area (Å²) in [5, 5.41) is 4.32. The fraction of sp³-hybridized carbons (Fsp3) is 0.176. The number of hydrogen-bond donors (Lipinski definition) is 0.